The van der Waals surface area contributed by atoms with Crippen molar-refractivity contribution in [1.82, 2.24) is 14.3 Å². The third kappa shape index (κ3) is 2.76. The number of likely N-dealkylation sites (tertiary alicyclic amines) is 1. The van der Waals surface area contributed by atoms with Gasteiger partial charge in [0.1, 0.15) is 5.82 Å². The van der Waals surface area contributed by atoms with E-state index in [1.165, 1.54) is 23.5 Å². The molecule has 0 aliphatic carbocycles. The van der Waals surface area contributed by atoms with Crippen LogP contribution in [0.4, 0.5) is 4.39 Å². The van der Waals surface area contributed by atoms with Crippen molar-refractivity contribution in [1.29, 1.82) is 0 Å². The Morgan fingerprint density at radius 2 is 2.12 bits per heavy atom. The first kappa shape index (κ1) is 15.5. The predicted octanol–water partition coefficient (Wildman–Crippen LogP) is 3.54. The Balaban J connectivity index is 1.62. The molecule has 3 heterocycles. The fourth-order valence-corrected chi connectivity index (χ4v) is 4.36. The van der Waals surface area contributed by atoms with E-state index in [9.17, 15) is 9.18 Å². The summed E-state index contributed by atoms with van der Waals surface area (Å²) in [6.07, 6.45) is 2.15. The molecule has 0 N–H and O–H groups in total. The van der Waals surface area contributed by atoms with Gasteiger partial charge in [0.05, 0.1) is 5.69 Å². The molecule has 1 aliphatic rings. The van der Waals surface area contributed by atoms with E-state index in [0.29, 0.717) is 6.54 Å². The molecular formula is C18H18FN3OS. The van der Waals surface area contributed by atoms with Gasteiger partial charge in [-0.3, -0.25) is 14.1 Å². The SMILES string of the molecule is Cc1csc2nc(CN3CCC[C@H]3c3ccc(F)cc3)cc(=O)n12. The average molecular weight is 343 g/mol. The number of nitrogens with zero attached hydrogens (tertiary/aromatic N) is 3. The number of aromatic nitrogens is 2. The summed E-state index contributed by atoms with van der Waals surface area (Å²) in [6, 6.07) is 8.62. The lowest BCUT2D eigenvalue weighted by Crippen LogP contribution is -2.25. The minimum atomic E-state index is -0.212. The summed E-state index contributed by atoms with van der Waals surface area (Å²) in [7, 11) is 0. The maximum Gasteiger partial charge on any atom is 0.259 e. The zero-order valence-electron chi connectivity index (χ0n) is 13.4. The van der Waals surface area contributed by atoms with E-state index in [0.717, 1.165) is 41.3 Å². The number of benzene rings is 1. The van der Waals surface area contributed by atoms with Gasteiger partial charge in [-0.05, 0) is 44.0 Å². The molecule has 6 heteroatoms. The van der Waals surface area contributed by atoms with Crippen LogP contribution in [0, 0.1) is 12.7 Å². The first-order valence-corrected chi connectivity index (χ1v) is 8.96. The maximum atomic E-state index is 13.2. The van der Waals surface area contributed by atoms with Crippen molar-refractivity contribution in [2.24, 2.45) is 0 Å². The summed E-state index contributed by atoms with van der Waals surface area (Å²) < 4.78 is 14.8. The molecule has 3 aromatic rings. The molecular weight excluding hydrogens is 325 g/mol. The van der Waals surface area contributed by atoms with Crippen LogP contribution in [0.15, 0.2) is 40.5 Å². The van der Waals surface area contributed by atoms with Gasteiger partial charge in [0.2, 0.25) is 0 Å². The minimum absolute atomic E-state index is 0.0220. The van der Waals surface area contributed by atoms with Crippen molar-refractivity contribution >= 4 is 16.3 Å². The lowest BCUT2D eigenvalue weighted by molar-refractivity contribution is 0.245. The van der Waals surface area contributed by atoms with E-state index in [2.05, 4.69) is 9.88 Å². The number of thiazole rings is 1. The van der Waals surface area contributed by atoms with Crippen LogP contribution in [0.2, 0.25) is 0 Å². The first-order chi connectivity index (χ1) is 11.6. The molecule has 1 aromatic carbocycles. The molecule has 0 unspecified atom stereocenters. The monoisotopic (exact) mass is 343 g/mol. The van der Waals surface area contributed by atoms with E-state index in [-0.39, 0.29) is 17.4 Å². The number of hydrogen-bond donors (Lipinski definition) is 0. The Labute approximate surface area is 143 Å². The Bertz CT molecular complexity index is 932. The van der Waals surface area contributed by atoms with Crippen molar-refractivity contribution in [3.05, 3.63) is 68.8 Å². The summed E-state index contributed by atoms with van der Waals surface area (Å²) in [5, 5.41) is 1.95. The summed E-state index contributed by atoms with van der Waals surface area (Å²) in [5.41, 5.74) is 2.82. The highest BCUT2D eigenvalue weighted by atomic mass is 32.1. The smallest absolute Gasteiger partial charge is 0.259 e. The second-order valence-corrected chi connectivity index (χ2v) is 7.10. The zero-order chi connectivity index (χ0) is 16.7. The molecule has 0 bridgehead atoms. The van der Waals surface area contributed by atoms with Gasteiger partial charge in [0, 0.05) is 29.7 Å². The van der Waals surface area contributed by atoms with Crippen molar-refractivity contribution in [2.45, 2.75) is 32.4 Å². The van der Waals surface area contributed by atoms with Crippen LogP contribution in [-0.2, 0) is 6.54 Å². The summed E-state index contributed by atoms with van der Waals surface area (Å²) in [6.45, 7) is 3.52. The Hall–Kier alpha value is -2.05. The highest BCUT2D eigenvalue weighted by molar-refractivity contribution is 7.15. The van der Waals surface area contributed by atoms with Crippen molar-refractivity contribution in [2.75, 3.05) is 6.54 Å². The third-order valence-corrected chi connectivity index (χ3v) is 5.56. The van der Waals surface area contributed by atoms with Gasteiger partial charge in [0.25, 0.3) is 5.56 Å². The van der Waals surface area contributed by atoms with Crippen molar-refractivity contribution in [3.8, 4) is 0 Å². The van der Waals surface area contributed by atoms with Gasteiger partial charge < -0.3 is 0 Å². The van der Waals surface area contributed by atoms with E-state index in [1.807, 2.05) is 24.4 Å². The highest BCUT2D eigenvalue weighted by Crippen LogP contribution is 2.33. The largest absolute Gasteiger partial charge is 0.291 e. The van der Waals surface area contributed by atoms with Crippen molar-refractivity contribution in [3.63, 3.8) is 0 Å². The quantitative estimate of drug-likeness (QED) is 0.730. The molecule has 4 rings (SSSR count). The summed E-state index contributed by atoms with van der Waals surface area (Å²) in [5.74, 6) is -0.212. The van der Waals surface area contributed by atoms with Crippen LogP contribution >= 0.6 is 11.3 Å². The predicted molar refractivity (Wildman–Crippen MR) is 92.9 cm³/mol. The van der Waals surface area contributed by atoms with Crippen LogP contribution in [0.3, 0.4) is 0 Å². The highest BCUT2D eigenvalue weighted by Gasteiger charge is 2.26. The molecule has 124 valence electrons. The number of aryl methyl sites for hydroxylation is 1. The van der Waals surface area contributed by atoms with E-state index in [1.54, 1.807) is 10.5 Å². The van der Waals surface area contributed by atoms with Gasteiger partial charge in [-0.2, -0.15) is 0 Å². The Morgan fingerprint density at radius 1 is 1.33 bits per heavy atom. The first-order valence-electron chi connectivity index (χ1n) is 8.08. The molecule has 1 saturated heterocycles. The van der Waals surface area contributed by atoms with Crippen LogP contribution in [0.1, 0.15) is 35.8 Å². The number of halogens is 1. The standard InChI is InChI=1S/C18H18FN3OS/c1-12-11-24-18-20-15(9-17(23)22(12)18)10-21-8-2-3-16(21)13-4-6-14(19)7-5-13/h4-7,9,11,16H,2-3,8,10H2,1H3/t16-/m0/s1. The topological polar surface area (TPSA) is 37.6 Å². The molecule has 0 saturated carbocycles. The molecule has 2 aromatic heterocycles. The Kier molecular flexibility index (Phi) is 3.94. The van der Waals surface area contributed by atoms with Crippen LogP contribution in [-0.4, -0.2) is 20.8 Å². The molecule has 4 nitrogen and oxygen atoms in total. The second kappa shape index (κ2) is 6.11. The van der Waals surface area contributed by atoms with Crippen LogP contribution in [0.5, 0.6) is 0 Å². The van der Waals surface area contributed by atoms with Gasteiger partial charge in [-0.15, -0.1) is 11.3 Å². The second-order valence-electron chi connectivity index (χ2n) is 6.26. The van der Waals surface area contributed by atoms with E-state index >= 15 is 0 Å². The molecule has 24 heavy (non-hydrogen) atoms. The summed E-state index contributed by atoms with van der Waals surface area (Å²) in [4.78, 5) is 20.0. The van der Waals surface area contributed by atoms with Crippen molar-refractivity contribution < 1.29 is 4.39 Å². The fraction of sp³-hybridized carbons (Fsp3) is 0.333. The van der Waals surface area contributed by atoms with Gasteiger partial charge in [-0.25, -0.2) is 9.37 Å². The normalized spacial score (nSPS) is 18.5. The zero-order valence-corrected chi connectivity index (χ0v) is 14.2. The van der Waals surface area contributed by atoms with Crippen LogP contribution < -0.4 is 5.56 Å². The summed E-state index contributed by atoms with van der Waals surface area (Å²) >= 11 is 1.49. The lowest BCUT2D eigenvalue weighted by Gasteiger charge is -2.24. The fourth-order valence-electron chi connectivity index (χ4n) is 3.47. The number of fused-ring (bicyclic) bond motifs is 1. The molecule has 1 fully saturated rings. The number of hydrogen-bond acceptors (Lipinski definition) is 4. The molecule has 1 atom stereocenters. The minimum Gasteiger partial charge on any atom is -0.291 e. The molecule has 0 spiro atoms. The number of rotatable bonds is 3. The van der Waals surface area contributed by atoms with E-state index < -0.39 is 0 Å². The maximum absolute atomic E-state index is 13.2. The van der Waals surface area contributed by atoms with Gasteiger partial charge in [0.15, 0.2) is 4.96 Å². The molecule has 0 amide bonds. The molecule has 0 radical (unpaired) electrons. The Morgan fingerprint density at radius 3 is 2.92 bits per heavy atom. The average Bonchev–Trinajstić information content (AvgIpc) is 3.15. The van der Waals surface area contributed by atoms with Gasteiger partial charge >= 0.3 is 0 Å². The third-order valence-electron chi connectivity index (χ3n) is 4.61. The van der Waals surface area contributed by atoms with Gasteiger partial charge in [-0.1, -0.05) is 12.1 Å². The lowest BCUT2D eigenvalue weighted by atomic mass is 10.0. The van der Waals surface area contributed by atoms with Crippen LogP contribution in [0.25, 0.3) is 4.96 Å². The molecule has 1 aliphatic heterocycles. The van der Waals surface area contributed by atoms with E-state index in [4.69, 9.17) is 0 Å².